The molecule has 3 rings (SSSR count). The minimum Gasteiger partial charge on any atom is -0.350 e. The molecule has 0 spiro atoms. The van der Waals surface area contributed by atoms with E-state index in [1.54, 1.807) is 11.3 Å². The van der Waals surface area contributed by atoms with E-state index in [9.17, 15) is 0 Å². The Balaban J connectivity index is 2.32. The van der Waals surface area contributed by atoms with Crippen molar-refractivity contribution < 1.29 is 0 Å². The van der Waals surface area contributed by atoms with Gasteiger partial charge in [-0.1, -0.05) is 18.2 Å². The number of benzene rings is 1. The maximum absolute atomic E-state index is 4.55. The van der Waals surface area contributed by atoms with Crippen LogP contribution in [-0.4, -0.2) is 9.55 Å². The minimum absolute atomic E-state index is 1.09. The third-order valence-electron chi connectivity index (χ3n) is 2.75. The number of aromatic nitrogens is 2. The van der Waals surface area contributed by atoms with Gasteiger partial charge in [0.1, 0.15) is 5.01 Å². The molecule has 2 heterocycles. The fourth-order valence-corrected chi connectivity index (χ4v) is 2.81. The lowest BCUT2D eigenvalue weighted by molar-refractivity contribution is 0.970. The van der Waals surface area contributed by atoms with E-state index in [-0.39, 0.29) is 0 Å². The zero-order valence-electron chi connectivity index (χ0n) is 9.27. The average molecular weight is 228 g/mol. The average Bonchev–Trinajstić information content (AvgIpc) is 2.84. The van der Waals surface area contributed by atoms with Gasteiger partial charge in [0.2, 0.25) is 0 Å². The van der Waals surface area contributed by atoms with Gasteiger partial charge in [-0.05, 0) is 13.0 Å². The summed E-state index contributed by atoms with van der Waals surface area (Å²) in [4.78, 5) is 4.55. The van der Waals surface area contributed by atoms with Crippen molar-refractivity contribution in [1.82, 2.24) is 9.55 Å². The number of nitrogens with zero attached hydrogens (tertiary/aromatic N) is 2. The fourth-order valence-electron chi connectivity index (χ4n) is 1.99. The molecule has 1 aromatic carbocycles. The van der Waals surface area contributed by atoms with E-state index in [2.05, 4.69) is 52.4 Å². The van der Waals surface area contributed by atoms with E-state index in [0.717, 1.165) is 10.7 Å². The molecule has 2 nitrogen and oxygen atoms in total. The standard InChI is InChI=1S/C13H12N2S/c1-9-8-16-13(14-9)11-7-15(2)12-6-4-3-5-10(11)12/h3-8H,1-2H3. The molecule has 2 aromatic heterocycles. The van der Waals surface area contributed by atoms with Gasteiger partial charge < -0.3 is 4.57 Å². The third-order valence-corrected chi connectivity index (χ3v) is 3.74. The van der Waals surface area contributed by atoms with E-state index < -0.39 is 0 Å². The van der Waals surface area contributed by atoms with Gasteiger partial charge >= 0.3 is 0 Å². The number of hydrogen-bond donors (Lipinski definition) is 0. The number of para-hydroxylation sites is 1. The summed E-state index contributed by atoms with van der Waals surface area (Å²) in [5.74, 6) is 0. The van der Waals surface area contributed by atoms with Gasteiger partial charge in [-0.3, -0.25) is 0 Å². The van der Waals surface area contributed by atoms with Crippen LogP contribution in [0, 0.1) is 6.92 Å². The second kappa shape index (κ2) is 3.46. The van der Waals surface area contributed by atoms with E-state index in [1.165, 1.54) is 16.5 Å². The van der Waals surface area contributed by atoms with E-state index in [0.29, 0.717) is 0 Å². The van der Waals surface area contributed by atoms with Crippen molar-refractivity contribution in [3.05, 3.63) is 41.5 Å². The summed E-state index contributed by atoms with van der Waals surface area (Å²) in [5.41, 5.74) is 3.58. The Morgan fingerprint density at radius 3 is 2.81 bits per heavy atom. The molecule has 0 aliphatic heterocycles. The van der Waals surface area contributed by atoms with Gasteiger partial charge in [-0.15, -0.1) is 11.3 Å². The number of thiazole rings is 1. The molecule has 0 N–H and O–H groups in total. The topological polar surface area (TPSA) is 17.8 Å². The van der Waals surface area contributed by atoms with Crippen molar-refractivity contribution in [3.8, 4) is 10.6 Å². The summed E-state index contributed by atoms with van der Waals surface area (Å²) in [6.45, 7) is 2.03. The molecule has 0 amide bonds. The van der Waals surface area contributed by atoms with E-state index >= 15 is 0 Å². The molecular weight excluding hydrogens is 216 g/mol. The molecular formula is C13H12N2S. The van der Waals surface area contributed by atoms with Crippen LogP contribution in [0.4, 0.5) is 0 Å². The summed E-state index contributed by atoms with van der Waals surface area (Å²) < 4.78 is 2.15. The minimum atomic E-state index is 1.09. The second-order valence-corrected chi connectivity index (χ2v) is 4.82. The normalized spacial score (nSPS) is 11.1. The van der Waals surface area contributed by atoms with Gasteiger partial charge in [0.15, 0.2) is 0 Å². The first-order valence-electron chi connectivity index (χ1n) is 5.22. The van der Waals surface area contributed by atoms with Crippen LogP contribution in [-0.2, 0) is 7.05 Å². The van der Waals surface area contributed by atoms with Gasteiger partial charge in [0.25, 0.3) is 0 Å². The molecule has 0 fully saturated rings. The first-order valence-corrected chi connectivity index (χ1v) is 6.10. The summed E-state index contributed by atoms with van der Waals surface area (Å²) >= 11 is 1.71. The van der Waals surface area contributed by atoms with Crippen molar-refractivity contribution in [2.45, 2.75) is 6.92 Å². The molecule has 0 bridgehead atoms. The Morgan fingerprint density at radius 2 is 2.06 bits per heavy atom. The molecule has 0 saturated carbocycles. The maximum atomic E-state index is 4.55. The van der Waals surface area contributed by atoms with Crippen molar-refractivity contribution in [3.63, 3.8) is 0 Å². The highest BCUT2D eigenvalue weighted by atomic mass is 32.1. The molecule has 80 valence electrons. The van der Waals surface area contributed by atoms with Crippen LogP contribution in [0.5, 0.6) is 0 Å². The van der Waals surface area contributed by atoms with E-state index in [1.807, 2.05) is 6.92 Å². The Morgan fingerprint density at radius 1 is 1.25 bits per heavy atom. The summed E-state index contributed by atoms with van der Waals surface area (Å²) in [5, 5.41) is 4.48. The zero-order valence-corrected chi connectivity index (χ0v) is 10.1. The first kappa shape index (κ1) is 9.60. The van der Waals surface area contributed by atoms with Gasteiger partial charge in [-0.2, -0.15) is 0 Å². The van der Waals surface area contributed by atoms with E-state index in [4.69, 9.17) is 0 Å². The lowest BCUT2D eigenvalue weighted by Gasteiger charge is -1.93. The third kappa shape index (κ3) is 1.36. The molecule has 0 aliphatic rings. The predicted molar refractivity (Wildman–Crippen MR) is 68.8 cm³/mol. The fraction of sp³-hybridized carbons (Fsp3) is 0.154. The van der Waals surface area contributed by atoms with Crippen LogP contribution in [0.1, 0.15) is 5.69 Å². The monoisotopic (exact) mass is 228 g/mol. The zero-order chi connectivity index (χ0) is 11.1. The van der Waals surface area contributed by atoms with Crippen LogP contribution in [0.15, 0.2) is 35.8 Å². The van der Waals surface area contributed by atoms with Crippen LogP contribution < -0.4 is 0 Å². The highest BCUT2D eigenvalue weighted by molar-refractivity contribution is 7.13. The lowest BCUT2D eigenvalue weighted by Crippen LogP contribution is -1.81. The molecule has 3 heteroatoms. The number of fused-ring (bicyclic) bond motifs is 1. The first-order chi connectivity index (χ1) is 7.75. The van der Waals surface area contributed by atoms with Gasteiger partial charge in [-0.25, -0.2) is 4.98 Å². The highest BCUT2D eigenvalue weighted by Gasteiger charge is 2.10. The molecule has 0 unspecified atom stereocenters. The largest absolute Gasteiger partial charge is 0.350 e. The second-order valence-electron chi connectivity index (χ2n) is 3.96. The maximum Gasteiger partial charge on any atom is 0.125 e. The molecule has 0 atom stereocenters. The van der Waals surface area contributed by atoms with Gasteiger partial charge in [0, 0.05) is 40.8 Å². The number of hydrogen-bond acceptors (Lipinski definition) is 2. The molecule has 0 aliphatic carbocycles. The van der Waals surface area contributed by atoms with Crippen LogP contribution in [0.2, 0.25) is 0 Å². The van der Waals surface area contributed by atoms with Crippen LogP contribution >= 0.6 is 11.3 Å². The molecule has 0 radical (unpaired) electrons. The Labute approximate surface area is 98.2 Å². The Bertz CT molecular complexity index is 649. The Hall–Kier alpha value is -1.61. The molecule has 3 aromatic rings. The highest BCUT2D eigenvalue weighted by Crippen LogP contribution is 2.31. The van der Waals surface area contributed by atoms with Crippen molar-refractivity contribution >= 4 is 22.2 Å². The van der Waals surface area contributed by atoms with Gasteiger partial charge in [0.05, 0.1) is 0 Å². The van der Waals surface area contributed by atoms with Crippen molar-refractivity contribution in [2.24, 2.45) is 7.05 Å². The number of rotatable bonds is 1. The number of aryl methyl sites for hydroxylation is 2. The smallest absolute Gasteiger partial charge is 0.125 e. The summed E-state index contributed by atoms with van der Waals surface area (Å²) in [6, 6.07) is 8.44. The van der Waals surface area contributed by atoms with Crippen LogP contribution in [0.3, 0.4) is 0 Å². The quantitative estimate of drug-likeness (QED) is 0.622. The van der Waals surface area contributed by atoms with Crippen molar-refractivity contribution in [1.29, 1.82) is 0 Å². The Kier molecular flexibility index (Phi) is 2.07. The molecule has 0 saturated heterocycles. The SMILES string of the molecule is Cc1csc(-c2cn(C)c3ccccc23)n1. The summed E-state index contributed by atoms with van der Waals surface area (Å²) in [7, 11) is 2.08. The van der Waals surface area contributed by atoms with Crippen molar-refractivity contribution in [2.75, 3.05) is 0 Å². The van der Waals surface area contributed by atoms with Crippen LogP contribution in [0.25, 0.3) is 21.5 Å². The predicted octanol–water partition coefficient (Wildman–Crippen LogP) is 3.61. The summed E-state index contributed by atoms with van der Waals surface area (Å²) in [6.07, 6.45) is 2.16. The lowest BCUT2D eigenvalue weighted by atomic mass is 10.2. The molecule has 16 heavy (non-hydrogen) atoms.